The maximum Gasteiger partial charge on any atom is 0.306 e. The largest absolute Gasteiger partial charge is 0.545 e. The van der Waals surface area contributed by atoms with Crippen molar-refractivity contribution in [2.75, 3.05) is 47.5 Å². The second-order valence-corrected chi connectivity index (χ2v) is 24.5. The standard InChI is InChI=1S/C67H131NO8/c1-6-8-10-12-14-16-18-20-22-24-26-28-29-30-31-32-33-34-35-36-37-38-40-42-44-46-48-50-52-54-56-58-65(70)76-63(62-75-67(66(71)72)73-60-59-68(3,4)5)61-74-64(69)57-55-53-51-49-47-45-43-41-39-27-25-23-21-19-17-15-13-11-9-7-2/h63,67H,6-62H2,1-5H3. The van der Waals surface area contributed by atoms with Crippen molar-refractivity contribution in [2.24, 2.45) is 0 Å². The first-order chi connectivity index (χ1) is 37.1. The van der Waals surface area contributed by atoms with Crippen LogP contribution in [0.4, 0.5) is 0 Å². The highest BCUT2D eigenvalue weighted by atomic mass is 16.7. The van der Waals surface area contributed by atoms with Crippen LogP contribution in [0.2, 0.25) is 0 Å². The minimum atomic E-state index is -1.61. The molecular weight excluding hydrogens is 947 g/mol. The second-order valence-electron chi connectivity index (χ2n) is 24.5. The number of likely N-dealkylation sites (N-methyl/N-ethyl adjacent to an activating group) is 1. The Morgan fingerprint density at radius 2 is 0.592 bits per heavy atom. The van der Waals surface area contributed by atoms with Crippen LogP contribution in [0.25, 0.3) is 0 Å². The predicted octanol–water partition coefficient (Wildman–Crippen LogP) is 19.0. The Morgan fingerprint density at radius 3 is 0.842 bits per heavy atom. The van der Waals surface area contributed by atoms with Gasteiger partial charge in [0, 0.05) is 12.8 Å². The fourth-order valence-corrected chi connectivity index (χ4v) is 10.4. The first-order valence-corrected chi connectivity index (χ1v) is 33.7. The molecule has 0 radical (unpaired) electrons. The molecule has 0 fully saturated rings. The summed E-state index contributed by atoms with van der Waals surface area (Å²) in [7, 11) is 5.95. The normalized spacial score (nSPS) is 12.6. The smallest absolute Gasteiger partial charge is 0.306 e. The maximum atomic E-state index is 12.9. The number of rotatable bonds is 64. The van der Waals surface area contributed by atoms with E-state index < -0.39 is 24.3 Å². The third-order valence-corrected chi connectivity index (χ3v) is 15.6. The summed E-state index contributed by atoms with van der Waals surface area (Å²) in [5, 5.41) is 11.8. The molecule has 0 spiro atoms. The van der Waals surface area contributed by atoms with Crippen molar-refractivity contribution < 1.29 is 42.9 Å². The van der Waals surface area contributed by atoms with Crippen molar-refractivity contribution >= 4 is 17.9 Å². The number of hydrogen-bond donors (Lipinski definition) is 0. The molecule has 0 aromatic heterocycles. The fourth-order valence-electron chi connectivity index (χ4n) is 10.4. The van der Waals surface area contributed by atoms with Gasteiger partial charge in [-0.1, -0.05) is 328 Å². The van der Waals surface area contributed by atoms with Crippen LogP contribution in [-0.2, 0) is 33.3 Å². The summed E-state index contributed by atoms with van der Waals surface area (Å²) in [6.45, 7) is 4.84. The molecule has 2 unspecified atom stereocenters. The van der Waals surface area contributed by atoms with Gasteiger partial charge in [0.25, 0.3) is 0 Å². The Morgan fingerprint density at radius 1 is 0.342 bits per heavy atom. The van der Waals surface area contributed by atoms with E-state index in [1.165, 1.54) is 289 Å². The zero-order valence-electron chi connectivity index (χ0n) is 51.7. The lowest BCUT2D eigenvalue weighted by atomic mass is 10.0. The van der Waals surface area contributed by atoms with E-state index in [4.69, 9.17) is 18.9 Å². The van der Waals surface area contributed by atoms with Crippen LogP contribution in [0.5, 0.6) is 0 Å². The van der Waals surface area contributed by atoms with Crippen LogP contribution in [0.1, 0.15) is 354 Å². The van der Waals surface area contributed by atoms with Gasteiger partial charge in [-0.2, -0.15) is 0 Å². The van der Waals surface area contributed by atoms with Gasteiger partial charge in [0.2, 0.25) is 0 Å². The minimum absolute atomic E-state index is 0.154. The lowest BCUT2D eigenvalue weighted by molar-refractivity contribution is -0.870. The first kappa shape index (κ1) is 74.3. The van der Waals surface area contributed by atoms with E-state index in [0.29, 0.717) is 17.4 Å². The van der Waals surface area contributed by atoms with Gasteiger partial charge in [0.15, 0.2) is 12.4 Å². The summed E-state index contributed by atoms with van der Waals surface area (Å²) in [5.41, 5.74) is 0. The molecule has 76 heavy (non-hydrogen) atoms. The number of carbonyl (C=O) groups excluding carboxylic acids is 3. The summed E-state index contributed by atoms with van der Waals surface area (Å²) in [5.74, 6) is -2.25. The minimum Gasteiger partial charge on any atom is -0.545 e. The van der Waals surface area contributed by atoms with Gasteiger partial charge in [-0.05, 0) is 12.8 Å². The molecule has 9 heteroatoms. The summed E-state index contributed by atoms with van der Waals surface area (Å²) in [6, 6.07) is 0. The van der Waals surface area contributed by atoms with Crippen molar-refractivity contribution in [3.63, 3.8) is 0 Å². The Bertz CT molecular complexity index is 1210. The number of hydrogen-bond acceptors (Lipinski definition) is 8. The van der Waals surface area contributed by atoms with Crippen LogP contribution in [0.15, 0.2) is 0 Å². The average Bonchev–Trinajstić information content (AvgIpc) is 3.39. The number of ether oxygens (including phenoxy) is 4. The van der Waals surface area contributed by atoms with Crippen LogP contribution >= 0.6 is 0 Å². The molecule has 0 saturated carbocycles. The van der Waals surface area contributed by atoms with Gasteiger partial charge in [-0.15, -0.1) is 0 Å². The van der Waals surface area contributed by atoms with Crippen molar-refractivity contribution in [1.82, 2.24) is 0 Å². The highest BCUT2D eigenvalue weighted by Crippen LogP contribution is 2.19. The molecule has 452 valence electrons. The molecule has 0 N–H and O–H groups in total. The monoisotopic (exact) mass is 1080 g/mol. The van der Waals surface area contributed by atoms with Crippen LogP contribution < -0.4 is 5.11 Å². The molecule has 0 amide bonds. The Balaban J connectivity index is 4.04. The third-order valence-electron chi connectivity index (χ3n) is 15.6. The molecule has 0 heterocycles. The second kappa shape index (κ2) is 59.4. The molecule has 0 aliphatic heterocycles. The number of carbonyl (C=O) groups is 3. The number of quaternary nitrogens is 1. The summed E-state index contributed by atoms with van der Waals surface area (Å²) < 4.78 is 22.8. The molecule has 0 aromatic rings. The van der Waals surface area contributed by atoms with Gasteiger partial charge >= 0.3 is 11.9 Å². The van der Waals surface area contributed by atoms with Crippen LogP contribution in [-0.4, -0.2) is 82.3 Å². The quantitative estimate of drug-likeness (QED) is 0.0256. The molecule has 2 atom stereocenters. The Hall–Kier alpha value is -1.71. The number of esters is 2. The topological polar surface area (TPSA) is 111 Å². The number of unbranched alkanes of at least 4 members (excludes halogenated alkanes) is 49. The molecular formula is C67H131NO8. The summed E-state index contributed by atoms with van der Waals surface area (Å²) in [4.78, 5) is 37.4. The first-order valence-electron chi connectivity index (χ1n) is 33.7. The molecule has 0 aliphatic rings. The van der Waals surface area contributed by atoms with E-state index in [1.807, 2.05) is 21.1 Å². The molecule has 0 aliphatic carbocycles. The van der Waals surface area contributed by atoms with Gasteiger partial charge in [0.1, 0.15) is 13.2 Å². The van der Waals surface area contributed by atoms with E-state index in [-0.39, 0.29) is 32.2 Å². The summed E-state index contributed by atoms with van der Waals surface area (Å²) in [6.07, 6.45) is 66.1. The van der Waals surface area contributed by atoms with Crippen molar-refractivity contribution in [1.29, 1.82) is 0 Å². The van der Waals surface area contributed by atoms with Gasteiger partial charge in [-0.25, -0.2) is 0 Å². The van der Waals surface area contributed by atoms with E-state index in [1.54, 1.807) is 0 Å². The van der Waals surface area contributed by atoms with Gasteiger partial charge < -0.3 is 33.3 Å². The average molecular weight is 1080 g/mol. The number of carboxylic acid groups (broad SMARTS) is 1. The number of carboxylic acids is 1. The van der Waals surface area contributed by atoms with E-state index in [0.717, 1.165) is 38.5 Å². The Kier molecular flexibility index (Phi) is 58.1. The lowest BCUT2D eigenvalue weighted by Crippen LogP contribution is -2.44. The molecule has 0 aromatic carbocycles. The van der Waals surface area contributed by atoms with Crippen molar-refractivity contribution in [3.8, 4) is 0 Å². The number of aliphatic carboxylic acids is 1. The maximum absolute atomic E-state index is 12.9. The van der Waals surface area contributed by atoms with E-state index in [9.17, 15) is 19.5 Å². The zero-order valence-corrected chi connectivity index (χ0v) is 51.7. The zero-order chi connectivity index (χ0) is 55.5. The van der Waals surface area contributed by atoms with Gasteiger partial charge in [0.05, 0.1) is 40.3 Å². The van der Waals surface area contributed by atoms with E-state index in [2.05, 4.69) is 13.8 Å². The van der Waals surface area contributed by atoms with Crippen LogP contribution in [0.3, 0.4) is 0 Å². The number of nitrogens with zero attached hydrogens (tertiary/aromatic N) is 1. The third kappa shape index (κ3) is 59.9. The molecule has 9 nitrogen and oxygen atoms in total. The highest BCUT2D eigenvalue weighted by Gasteiger charge is 2.22. The van der Waals surface area contributed by atoms with Crippen LogP contribution in [0, 0.1) is 0 Å². The SMILES string of the molecule is CCCCCCCCCCCCCCCCCCCCCCCCCCCCCCCCCC(=O)OC(COC(=O)CCCCCCCCCCCCCCCCCCCCCC)COC(OCC[N+](C)(C)C)C(=O)[O-]. The van der Waals surface area contributed by atoms with Gasteiger partial charge in [-0.3, -0.25) is 9.59 Å². The lowest BCUT2D eigenvalue weighted by Gasteiger charge is -2.26. The Labute approximate surface area is 473 Å². The highest BCUT2D eigenvalue weighted by molar-refractivity contribution is 5.70. The molecule has 0 bridgehead atoms. The molecule has 0 rings (SSSR count). The fraction of sp³-hybridized carbons (Fsp3) is 0.955. The van der Waals surface area contributed by atoms with E-state index >= 15 is 0 Å². The predicted molar refractivity (Wildman–Crippen MR) is 320 cm³/mol. The van der Waals surface area contributed by atoms with Crippen molar-refractivity contribution in [3.05, 3.63) is 0 Å². The van der Waals surface area contributed by atoms with Crippen molar-refractivity contribution in [2.45, 2.75) is 367 Å². The molecule has 0 saturated heterocycles. The summed E-state index contributed by atoms with van der Waals surface area (Å²) >= 11 is 0.